The number of allylic oxidation sites excluding steroid dienone is 1. The third kappa shape index (κ3) is 6.67. The molecule has 0 amide bonds. The molecule has 0 N–H and O–H groups in total. The number of ether oxygens (including phenoxy) is 3. The molecule has 0 bridgehead atoms. The second kappa shape index (κ2) is 12.9. The van der Waals surface area contributed by atoms with Crippen molar-refractivity contribution < 1.29 is 22.6 Å². The number of hydrogen-bond donors (Lipinski definition) is 0. The number of hydrogen-bond acceptors (Lipinski definition) is 6. The number of nitrogens with zero attached hydrogens (tertiary/aromatic N) is 1. The molecule has 0 aliphatic rings. The summed E-state index contributed by atoms with van der Waals surface area (Å²) < 4.78 is 43.5. The van der Waals surface area contributed by atoms with Crippen LogP contribution in [0.4, 0.5) is 0 Å². The zero-order valence-electron chi connectivity index (χ0n) is 24.6. The van der Waals surface area contributed by atoms with Crippen molar-refractivity contribution in [1.29, 1.82) is 5.26 Å². The minimum Gasteiger partial charge on any atom is -0.457 e. The molecule has 5 aromatic rings. The van der Waals surface area contributed by atoms with Crippen LogP contribution >= 0.6 is 0 Å². The minimum atomic E-state index is -3.74. The number of rotatable bonds is 10. The van der Waals surface area contributed by atoms with Gasteiger partial charge in [0.15, 0.2) is 0 Å². The predicted molar refractivity (Wildman–Crippen MR) is 171 cm³/mol. The molecule has 0 spiro atoms. The topological polar surface area (TPSA) is 85.6 Å². The van der Waals surface area contributed by atoms with Gasteiger partial charge in [-0.1, -0.05) is 68.5 Å². The summed E-state index contributed by atoms with van der Waals surface area (Å²) in [7, 11) is -3.74. The lowest BCUT2D eigenvalue weighted by molar-refractivity contribution is 0.481. The molecular formula is C37H31NO5S. The van der Waals surface area contributed by atoms with Gasteiger partial charge in [-0.3, -0.25) is 0 Å². The van der Waals surface area contributed by atoms with Crippen molar-refractivity contribution in [3.8, 4) is 35.0 Å². The smallest absolute Gasteiger partial charge is 0.292 e. The third-order valence-corrected chi connectivity index (χ3v) is 9.10. The quantitative estimate of drug-likeness (QED) is 0.148. The molecule has 0 saturated heterocycles. The monoisotopic (exact) mass is 601 g/mol. The Morgan fingerprint density at radius 1 is 0.636 bits per heavy atom. The second-order valence-electron chi connectivity index (χ2n) is 10.6. The molecule has 0 aromatic heterocycles. The van der Waals surface area contributed by atoms with Crippen LogP contribution in [0.1, 0.15) is 37.5 Å². The minimum absolute atomic E-state index is 0.167. The maximum Gasteiger partial charge on any atom is 0.292 e. The van der Waals surface area contributed by atoms with Gasteiger partial charge in [0.2, 0.25) is 9.84 Å². The van der Waals surface area contributed by atoms with Crippen LogP contribution in [0.25, 0.3) is 6.08 Å². The summed E-state index contributed by atoms with van der Waals surface area (Å²) in [5.41, 5.74) is 2.80. The number of para-hydroxylation sites is 1. The molecular weight excluding hydrogens is 570 g/mol. The van der Waals surface area contributed by atoms with Crippen LogP contribution in [0, 0.1) is 11.5 Å². The Labute approximate surface area is 258 Å². The molecule has 220 valence electrons. The highest BCUT2D eigenvalue weighted by Crippen LogP contribution is 2.35. The van der Waals surface area contributed by atoms with E-state index >= 15 is 0 Å². The first-order valence-corrected chi connectivity index (χ1v) is 15.5. The van der Waals surface area contributed by atoms with Gasteiger partial charge >= 0.3 is 0 Å². The highest BCUT2D eigenvalue weighted by atomic mass is 32.2. The Kier molecular flexibility index (Phi) is 8.84. The summed E-state index contributed by atoms with van der Waals surface area (Å²) in [6.07, 6.45) is 5.57. The molecule has 0 radical (unpaired) electrons. The fourth-order valence-electron chi connectivity index (χ4n) is 4.76. The normalized spacial score (nSPS) is 11.6. The summed E-state index contributed by atoms with van der Waals surface area (Å²) in [4.78, 5) is 0.339. The molecule has 0 fully saturated rings. The zero-order chi connectivity index (χ0) is 31.2. The van der Waals surface area contributed by atoms with Gasteiger partial charge in [0.25, 0.3) is 6.26 Å². The van der Waals surface area contributed by atoms with Crippen LogP contribution in [0.15, 0.2) is 137 Å². The lowest BCUT2D eigenvalue weighted by atomic mass is 9.78. The predicted octanol–water partition coefficient (Wildman–Crippen LogP) is 9.32. The Bertz CT molecular complexity index is 1900. The molecule has 0 atom stereocenters. The first-order valence-electron chi connectivity index (χ1n) is 14.0. The van der Waals surface area contributed by atoms with Gasteiger partial charge in [-0.25, -0.2) is 8.42 Å². The second-order valence-corrected chi connectivity index (χ2v) is 12.5. The maximum absolute atomic E-state index is 13.3. The molecule has 5 aromatic carbocycles. The fourth-order valence-corrected chi connectivity index (χ4v) is 6.02. The summed E-state index contributed by atoms with van der Waals surface area (Å²) in [5.74, 6) is 2.88. The molecule has 7 heteroatoms. The van der Waals surface area contributed by atoms with Crippen molar-refractivity contribution in [3.05, 3.63) is 144 Å². The summed E-state index contributed by atoms with van der Waals surface area (Å²) >= 11 is 0. The highest BCUT2D eigenvalue weighted by molar-refractivity contribution is 7.91. The van der Waals surface area contributed by atoms with Crippen LogP contribution in [0.2, 0.25) is 0 Å². The Morgan fingerprint density at radius 2 is 1.09 bits per heavy atom. The third-order valence-electron chi connectivity index (χ3n) is 7.31. The largest absolute Gasteiger partial charge is 0.457 e. The van der Waals surface area contributed by atoms with Crippen molar-refractivity contribution in [3.63, 3.8) is 0 Å². The van der Waals surface area contributed by atoms with Gasteiger partial charge < -0.3 is 14.2 Å². The van der Waals surface area contributed by atoms with Crippen molar-refractivity contribution >= 4 is 15.9 Å². The Morgan fingerprint density at radius 3 is 1.59 bits per heavy atom. The molecule has 0 aliphatic heterocycles. The number of sulfone groups is 1. The van der Waals surface area contributed by atoms with E-state index in [-0.39, 0.29) is 15.2 Å². The Hall–Kier alpha value is -5.32. The fraction of sp³-hybridized carbons (Fsp3) is 0.108. The molecule has 0 unspecified atom stereocenters. The lowest BCUT2D eigenvalue weighted by Gasteiger charge is -2.26. The standard InChI is InChI=1S/C37H31NO5S/c1-4-7-27-8-5-6-9-36(27)43-33-20-24-35(25-21-33)44(39,40)34-22-18-32(19-23-34)42-31-16-12-29(13-17-31)37(2,3)28-10-14-30(15-11-28)41-26-38/h4-25H,1-3H3/b7-4+. The molecule has 6 nitrogen and oxygen atoms in total. The van der Waals surface area contributed by atoms with Crippen molar-refractivity contribution in [2.75, 3.05) is 0 Å². The molecule has 0 saturated carbocycles. The van der Waals surface area contributed by atoms with E-state index in [2.05, 4.69) is 13.8 Å². The molecule has 5 rings (SSSR count). The van der Waals surface area contributed by atoms with Gasteiger partial charge in [0.05, 0.1) is 9.79 Å². The first kappa shape index (κ1) is 30.1. The van der Waals surface area contributed by atoms with Crippen LogP contribution in [-0.2, 0) is 15.3 Å². The average Bonchev–Trinajstić information content (AvgIpc) is 3.03. The maximum atomic E-state index is 13.3. The molecule has 44 heavy (non-hydrogen) atoms. The zero-order valence-corrected chi connectivity index (χ0v) is 25.4. The van der Waals surface area contributed by atoms with E-state index in [0.29, 0.717) is 28.7 Å². The van der Waals surface area contributed by atoms with E-state index in [1.807, 2.05) is 79.7 Å². The van der Waals surface area contributed by atoms with Gasteiger partial charge in [0, 0.05) is 11.0 Å². The van der Waals surface area contributed by atoms with E-state index in [9.17, 15) is 8.42 Å². The summed E-state index contributed by atoms with van der Waals surface area (Å²) in [6, 6.07) is 35.6. The Balaban J connectivity index is 1.25. The van der Waals surface area contributed by atoms with E-state index < -0.39 is 9.84 Å². The summed E-state index contributed by atoms with van der Waals surface area (Å²) in [6.45, 7) is 6.17. The lowest BCUT2D eigenvalue weighted by Crippen LogP contribution is -2.18. The summed E-state index contributed by atoms with van der Waals surface area (Å²) in [5, 5.41) is 8.70. The van der Waals surface area contributed by atoms with Crippen molar-refractivity contribution in [2.45, 2.75) is 36.0 Å². The average molecular weight is 602 g/mol. The van der Waals surface area contributed by atoms with E-state index in [1.165, 1.54) is 0 Å². The van der Waals surface area contributed by atoms with E-state index in [1.54, 1.807) is 66.9 Å². The number of benzene rings is 5. The van der Waals surface area contributed by atoms with Gasteiger partial charge in [0.1, 0.15) is 28.7 Å². The first-order chi connectivity index (χ1) is 21.2. The SMILES string of the molecule is C/C=C/c1ccccc1Oc1ccc(S(=O)(=O)c2ccc(Oc3ccc(C(C)(C)c4ccc(OC#N)cc4)cc3)cc2)cc1. The van der Waals surface area contributed by atoms with Gasteiger partial charge in [-0.05, 0) is 96.9 Å². The van der Waals surface area contributed by atoms with Crippen LogP contribution in [0.5, 0.6) is 28.7 Å². The number of nitriles is 1. The molecule has 0 heterocycles. The van der Waals surface area contributed by atoms with Crippen LogP contribution in [-0.4, -0.2) is 8.42 Å². The van der Waals surface area contributed by atoms with E-state index in [4.69, 9.17) is 19.5 Å². The van der Waals surface area contributed by atoms with Crippen molar-refractivity contribution in [2.24, 2.45) is 0 Å². The van der Waals surface area contributed by atoms with Crippen molar-refractivity contribution in [1.82, 2.24) is 0 Å². The van der Waals surface area contributed by atoms with Gasteiger partial charge in [-0.15, -0.1) is 5.26 Å². The van der Waals surface area contributed by atoms with Crippen LogP contribution in [0.3, 0.4) is 0 Å². The van der Waals surface area contributed by atoms with Crippen LogP contribution < -0.4 is 14.2 Å². The molecule has 0 aliphatic carbocycles. The van der Waals surface area contributed by atoms with E-state index in [0.717, 1.165) is 16.7 Å². The highest BCUT2D eigenvalue weighted by Gasteiger charge is 2.23. The van der Waals surface area contributed by atoms with Gasteiger partial charge in [-0.2, -0.15) is 0 Å².